The van der Waals surface area contributed by atoms with Gasteiger partial charge in [-0.25, -0.2) is 8.42 Å². The monoisotopic (exact) mass is 401 g/mol. The van der Waals surface area contributed by atoms with Crippen molar-refractivity contribution in [1.29, 1.82) is 0 Å². The maximum Gasteiger partial charge on any atom is 0.261 e. The Hall–Kier alpha value is -3.57. The molecule has 0 aliphatic carbocycles. The standard InChI is InChI=1S/C24H19NO3S/c26-29(27,24-17-15-23(16-18-24)28-22-9-5-2-6-10-22)25-21-13-11-20(12-14-21)19-7-3-1-4-8-19/h1-18,25H. The minimum atomic E-state index is -3.69. The quantitative estimate of drug-likeness (QED) is 0.434. The van der Waals surface area contributed by atoms with Crippen LogP contribution in [-0.4, -0.2) is 8.42 Å². The molecule has 0 saturated carbocycles. The van der Waals surface area contributed by atoms with Gasteiger partial charge in [-0.05, 0) is 59.7 Å². The fourth-order valence-electron chi connectivity index (χ4n) is 2.89. The van der Waals surface area contributed by atoms with Crippen molar-refractivity contribution < 1.29 is 13.2 Å². The van der Waals surface area contributed by atoms with E-state index in [4.69, 9.17) is 4.74 Å². The molecule has 0 aliphatic rings. The highest BCUT2D eigenvalue weighted by Gasteiger charge is 2.14. The number of hydrogen-bond donors (Lipinski definition) is 1. The number of anilines is 1. The summed E-state index contributed by atoms with van der Waals surface area (Å²) in [7, 11) is -3.69. The summed E-state index contributed by atoms with van der Waals surface area (Å²) in [5.74, 6) is 1.27. The summed E-state index contributed by atoms with van der Waals surface area (Å²) in [4.78, 5) is 0.171. The minimum absolute atomic E-state index is 0.171. The SMILES string of the molecule is O=S(=O)(Nc1ccc(-c2ccccc2)cc1)c1ccc(Oc2ccccc2)cc1. The number of benzene rings is 4. The normalized spacial score (nSPS) is 11.0. The van der Waals surface area contributed by atoms with Gasteiger partial charge in [-0.1, -0.05) is 60.7 Å². The van der Waals surface area contributed by atoms with E-state index in [1.54, 1.807) is 24.3 Å². The maximum absolute atomic E-state index is 12.7. The van der Waals surface area contributed by atoms with Gasteiger partial charge in [0, 0.05) is 5.69 Å². The Balaban J connectivity index is 1.47. The van der Waals surface area contributed by atoms with Gasteiger partial charge >= 0.3 is 0 Å². The van der Waals surface area contributed by atoms with Crippen LogP contribution in [0.25, 0.3) is 11.1 Å². The number of ether oxygens (including phenoxy) is 1. The molecule has 0 heterocycles. The molecule has 0 radical (unpaired) electrons. The lowest BCUT2D eigenvalue weighted by molar-refractivity contribution is 0.482. The van der Waals surface area contributed by atoms with E-state index < -0.39 is 10.0 Å². The van der Waals surface area contributed by atoms with E-state index in [0.717, 1.165) is 11.1 Å². The molecule has 0 aliphatic heterocycles. The Kier molecular flexibility index (Phi) is 5.31. The van der Waals surface area contributed by atoms with Crippen LogP contribution in [0.15, 0.2) is 114 Å². The zero-order valence-corrected chi connectivity index (χ0v) is 16.3. The van der Waals surface area contributed by atoms with Gasteiger partial charge in [0.05, 0.1) is 4.90 Å². The molecule has 0 atom stereocenters. The summed E-state index contributed by atoms with van der Waals surface area (Å²) in [6, 6.07) is 32.9. The predicted octanol–water partition coefficient (Wildman–Crippen LogP) is 5.95. The minimum Gasteiger partial charge on any atom is -0.457 e. The molecule has 4 aromatic rings. The first-order valence-corrected chi connectivity index (χ1v) is 10.6. The van der Waals surface area contributed by atoms with Crippen LogP contribution in [0.5, 0.6) is 11.5 Å². The summed E-state index contributed by atoms with van der Waals surface area (Å²) >= 11 is 0. The molecular weight excluding hydrogens is 382 g/mol. The van der Waals surface area contributed by atoms with Crippen molar-refractivity contribution in [2.24, 2.45) is 0 Å². The molecule has 29 heavy (non-hydrogen) atoms. The smallest absolute Gasteiger partial charge is 0.261 e. The summed E-state index contributed by atoms with van der Waals surface area (Å²) in [5, 5.41) is 0. The van der Waals surface area contributed by atoms with Crippen LogP contribution in [0.2, 0.25) is 0 Å². The van der Waals surface area contributed by atoms with Gasteiger partial charge in [-0.3, -0.25) is 4.72 Å². The topological polar surface area (TPSA) is 55.4 Å². The van der Waals surface area contributed by atoms with E-state index in [-0.39, 0.29) is 4.90 Å². The second-order valence-corrected chi connectivity index (χ2v) is 8.12. The van der Waals surface area contributed by atoms with Crippen LogP contribution in [-0.2, 0) is 10.0 Å². The molecule has 0 spiro atoms. The number of para-hydroxylation sites is 1. The number of nitrogens with one attached hydrogen (secondary N) is 1. The molecule has 5 heteroatoms. The molecule has 0 unspecified atom stereocenters. The first-order valence-electron chi connectivity index (χ1n) is 9.11. The molecule has 1 N–H and O–H groups in total. The third-order valence-electron chi connectivity index (χ3n) is 4.36. The van der Waals surface area contributed by atoms with Gasteiger partial charge < -0.3 is 4.74 Å². The zero-order chi connectivity index (χ0) is 20.1. The van der Waals surface area contributed by atoms with Gasteiger partial charge in [-0.15, -0.1) is 0 Å². The van der Waals surface area contributed by atoms with Crippen LogP contribution in [0, 0.1) is 0 Å². The number of sulfonamides is 1. The molecule has 4 aromatic carbocycles. The van der Waals surface area contributed by atoms with Gasteiger partial charge in [-0.2, -0.15) is 0 Å². The van der Waals surface area contributed by atoms with E-state index >= 15 is 0 Å². The van der Waals surface area contributed by atoms with Gasteiger partial charge in [0.15, 0.2) is 0 Å². The largest absolute Gasteiger partial charge is 0.457 e. The summed E-state index contributed by atoms with van der Waals surface area (Å²) in [6.45, 7) is 0. The highest BCUT2D eigenvalue weighted by Crippen LogP contribution is 2.25. The summed E-state index contributed by atoms with van der Waals surface area (Å²) in [5.41, 5.74) is 2.61. The average Bonchev–Trinajstić information content (AvgIpc) is 2.76. The Morgan fingerprint density at radius 2 is 1.07 bits per heavy atom. The van der Waals surface area contributed by atoms with Crippen LogP contribution in [0.1, 0.15) is 0 Å². The predicted molar refractivity (Wildman–Crippen MR) is 116 cm³/mol. The third-order valence-corrected chi connectivity index (χ3v) is 5.75. The molecular formula is C24H19NO3S. The molecule has 0 fully saturated rings. The fourth-order valence-corrected chi connectivity index (χ4v) is 3.95. The van der Waals surface area contributed by atoms with Crippen molar-refractivity contribution in [3.8, 4) is 22.6 Å². The first-order chi connectivity index (χ1) is 14.1. The molecule has 144 valence electrons. The lowest BCUT2D eigenvalue weighted by Gasteiger charge is -2.10. The molecule has 0 bridgehead atoms. The average molecular weight is 401 g/mol. The van der Waals surface area contributed by atoms with Crippen molar-refractivity contribution in [3.05, 3.63) is 109 Å². The molecule has 4 rings (SSSR count). The van der Waals surface area contributed by atoms with E-state index in [1.807, 2.05) is 72.8 Å². The van der Waals surface area contributed by atoms with Crippen LogP contribution < -0.4 is 9.46 Å². The maximum atomic E-state index is 12.7. The third kappa shape index (κ3) is 4.65. The lowest BCUT2D eigenvalue weighted by atomic mass is 10.1. The molecule has 0 amide bonds. The molecule has 4 nitrogen and oxygen atoms in total. The van der Waals surface area contributed by atoms with E-state index in [1.165, 1.54) is 12.1 Å². The second kappa shape index (κ2) is 8.20. The van der Waals surface area contributed by atoms with Crippen molar-refractivity contribution >= 4 is 15.7 Å². The second-order valence-electron chi connectivity index (χ2n) is 6.44. The Labute approximate surface area is 170 Å². The van der Waals surface area contributed by atoms with Crippen molar-refractivity contribution in [2.45, 2.75) is 4.90 Å². The van der Waals surface area contributed by atoms with E-state index in [9.17, 15) is 8.42 Å². The van der Waals surface area contributed by atoms with Gasteiger partial charge in [0.25, 0.3) is 10.0 Å². The summed E-state index contributed by atoms with van der Waals surface area (Å²) in [6.07, 6.45) is 0. The highest BCUT2D eigenvalue weighted by atomic mass is 32.2. The van der Waals surface area contributed by atoms with Crippen LogP contribution in [0.3, 0.4) is 0 Å². The fraction of sp³-hybridized carbons (Fsp3) is 0. The number of rotatable bonds is 6. The van der Waals surface area contributed by atoms with Crippen molar-refractivity contribution in [1.82, 2.24) is 0 Å². The van der Waals surface area contributed by atoms with Gasteiger partial charge in [0.1, 0.15) is 11.5 Å². The van der Waals surface area contributed by atoms with E-state index in [0.29, 0.717) is 17.2 Å². The van der Waals surface area contributed by atoms with E-state index in [2.05, 4.69) is 4.72 Å². The Morgan fingerprint density at radius 1 is 0.552 bits per heavy atom. The van der Waals surface area contributed by atoms with Crippen molar-refractivity contribution in [3.63, 3.8) is 0 Å². The molecule has 0 aromatic heterocycles. The lowest BCUT2D eigenvalue weighted by Crippen LogP contribution is -2.12. The Bertz CT molecular complexity index is 1170. The number of hydrogen-bond acceptors (Lipinski definition) is 3. The van der Waals surface area contributed by atoms with Crippen LogP contribution in [0.4, 0.5) is 5.69 Å². The first kappa shape index (κ1) is 18.8. The van der Waals surface area contributed by atoms with Crippen molar-refractivity contribution in [2.75, 3.05) is 4.72 Å². The van der Waals surface area contributed by atoms with Crippen LogP contribution >= 0.6 is 0 Å². The molecule has 0 saturated heterocycles. The Morgan fingerprint density at radius 3 is 1.69 bits per heavy atom. The highest BCUT2D eigenvalue weighted by molar-refractivity contribution is 7.92. The summed E-state index contributed by atoms with van der Waals surface area (Å²) < 4.78 is 33.7. The van der Waals surface area contributed by atoms with Gasteiger partial charge in [0.2, 0.25) is 0 Å². The zero-order valence-electron chi connectivity index (χ0n) is 15.5.